The van der Waals surface area contributed by atoms with Gasteiger partial charge in [0.1, 0.15) is 0 Å². The molecule has 4 amide bonds. The summed E-state index contributed by atoms with van der Waals surface area (Å²) >= 11 is 0. The fraction of sp³-hybridized carbons (Fsp3) is 0.444. The number of ether oxygens (including phenoxy) is 1. The van der Waals surface area contributed by atoms with Gasteiger partial charge < -0.3 is 14.5 Å². The molecule has 2 aliphatic rings. The van der Waals surface area contributed by atoms with Crippen LogP contribution < -0.4 is 0 Å². The van der Waals surface area contributed by atoms with Gasteiger partial charge in [-0.2, -0.15) is 0 Å². The zero-order valence-electron chi connectivity index (χ0n) is 15.8. The van der Waals surface area contributed by atoms with E-state index in [1.165, 1.54) is 24.1 Å². The summed E-state index contributed by atoms with van der Waals surface area (Å²) in [5.41, 5.74) is -0.117. The number of amides is 4. The molecule has 1 fully saturated rings. The van der Waals surface area contributed by atoms with E-state index in [1.807, 2.05) is 0 Å². The van der Waals surface area contributed by atoms with Crippen molar-refractivity contribution in [3.63, 3.8) is 0 Å². The Morgan fingerprint density at radius 3 is 2.31 bits per heavy atom. The van der Waals surface area contributed by atoms with E-state index in [9.17, 15) is 29.3 Å². The third kappa shape index (κ3) is 4.03. The van der Waals surface area contributed by atoms with Crippen LogP contribution in [0.2, 0.25) is 0 Å². The van der Waals surface area contributed by atoms with Crippen LogP contribution in [0.25, 0.3) is 0 Å². The lowest BCUT2D eigenvalue weighted by molar-refractivity contribution is -0.384. The van der Waals surface area contributed by atoms with Gasteiger partial charge in [-0.3, -0.25) is 29.4 Å². The fourth-order valence-electron chi connectivity index (χ4n) is 3.41. The molecule has 11 heteroatoms. The summed E-state index contributed by atoms with van der Waals surface area (Å²) in [4.78, 5) is 63.0. The van der Waals surface area contributed by atoms with Crippen LogP contribution >= 0.6 is 0 Å². The van der Waals surface area contributed by atoms with Crippen molar-refractivity contribution in [3.8, 4) is 0 Å². The van der Waals surface area contributed by atoms with Gasteiger partial charge in [0.25, 0.3) is 17.5 Å². The lowest BCUT2D eigenvalue weighted by Gasteiger charge is -2.34. The van der Waals surface area contributed by atoms with Crippen LogP contribution in [0.1, 0.15) is 33.6 Å². The van der Waals surface area contributed by atoms with Crippen LogP contribution in [-0.2, 0) is 9.53 Å². The summed E-state index contributed by atoms with van der Waals surface area (Å²) in [5.74, 6) is -1.23. The number of imide groups is 1. The number of nitro groups is 1. The number of benzene rings is 1. The minimum atomic E-state index is -0.626. The lowest BCUT2D eigenvalue weighted by Crippen LogP contribution is -2.50. The molecule has 1 aromatic rings. The highest BCUT2D eigenvalue weighted by Crippen LogP contribution is 2.27. The topological polar surface area (TPSA) is 130 Å². The third-order valence-electron chi connectivity index (χ3n) is 5.00. The van der Waals surface area contributed by atoms with E-state index in [0.717, 1.165) is 11.0 Å². The van der Waals surface area contributed by atoms with Gasteiger partial charge in [-0.25, -0.2) is 4.79 Å². The van der Waals surface area contributed by atoms with Crippen molar-refractivity contribution in [1.82, 2.24) is 14.7 Å². The highest BCUT2D eigenvalue weighted by molar-refractivity contribution is 6.21. The van der Waals surface area contributed by atoms with E-state index in [0.29, 0.717) is 26.2 Å². The highest BCUT2D eigenvalue weighted by Gasteiger charge is 2.36. The third-order valence-corrected chi connectivity index (χ3v) is 5.00. The summed E-state index contributed by atoms with van der Waals surface area (Å²) in [6.45, 7) is 1.61. The lowest BCUT2D eigenvalue weighted by atomic mass is 10.1. The molecule has 3 rings (SSSR count). The molecule has 11 nitrogen and oxygen atoms in total. The molecule has 0 atom stereocenters. The molecule has 0 bridgehead atoms. The molecule has 0 unspecified atom stereocenters. The van der Waals surface area contributed by atoms with Crippen LogP contribution in [0, 0.1) is 10.1 Å². The number of methoxy groups -OCH3 is 1. The molecule has 29 heavy (non-hydrogen) atoms. The summed E-state index contributed by atoms with van der Waals surface area (Å²) in [6.07, 6.45) is -0.00183. The smallest absolute Gasteiger partial charge is 0.409 e. The average Bonchev–Trinajstić information content (AvgIpc) is 2.97. The monoisotopic (exact) mass is 404 g/mol. The van der Waals surface area contributed by atoms with Gasteiger partial charge in [0.2, 0.25) is 5.91 Å². The van der Waals surface area contributed by atoms with Gasteiger partial charge in [-0.15, -0.1) is 0 Å². The van der Waals surface area contributed by atoms with Gasteiger partial charge in [-0.1, -0.05) is 0 Å². The summed E-state index contributed by atoms with van der Waals surface area (Å²) < 4.78 is 4.65. The summed E-state index contributed by atoms with van der Waals surface area (Å²) in [7, 11) is 1.30. The van der Waals surface area contributed by atoms with Gasteiger partial charge in [0.05, 0.1) is 23.2 Å². The molecule has 2 aliphatic heterocycles. The number of hydrogen-bond acceptors (Lipinski definition) is 7. The zero-order valence-corrected chi connectivity index (χ0v) is 15.8. The number of nitrogens with zero attached hydrogens (tertiary/aromatic N) is 4. The van der Waals surface area contributed by atoms with E-state index in [-0.39, 0.29) is 42.1 Å². The van der Waals surface area contributed by atoms with Crippen LogP contribution in [0.4, 0.5) is 10.5 Å². The highest BCUT2D eigenvalue weighted by atomic mass is 16.6. The standard InChI is InChI=1S/C18H20N4O7/c1-29-18(26)20-9-7-19(8-10-20)15(23)3-2-6-21-16(24)13-5-4-12(22(27)28)11-14(13)17(21)25/h4-5,11H,2-3,6-10H2,1H3. The van der Waals surface area contributed by atoms with Crippen LogP contribution in [0.15, 0.2) is 18.2 Å². The molecule has 2 heterocycles. The Morgan fingerprint density at radius 2 is 1.69 bits per heavy atom. The number of hydrogen-bond donors (Lipinski definition) is 0. The second-order valence-electron chi connectivity index (χ2n) is 6.69. The van der Waals surface area contributed by atoms with E-state index >= 15 is 0 Å². The zero-order chi connectivity index (χ0) is 21.1. The van der Waals surface area contributed by atoms with Crippen LogP contribution in [0.3, 0.4) is 0 Å². The van der Waals surface area contributed by atoms with Crippen molar-refractivity contribution < 1.29 is 28.8 Å². The van der Waals surface area contributed by atoms with E-state index in [4.69, 9.17) is 0 Å². The first-order chi connectivity index (χ1) is 13.8. The number of non-ortho nitro benzene ring substituents is 1. The van der Waals surface area contributed by atoms with Gasteiger partial charge in [0, 0.05) is 51.3 Å². The number of piperazine rings is 1. The van der Waals surface area contributed by atoms with Crippen molar-refractivity contribution in [2.45, 2.75) is 12.8 Å². The molecule has 0 radical (unpaired) electrons. The number of carbonyl (C=O) groups excluding carboxylic acids is 4. The minimum Gasteiger partial charge on any atom is -0.453 e. The summed E-state index contributed by atoms with van der Waals surface area (Å²) in [6, 6.07) is 3.56. The molecule has 0 aromatic heterocycles. The maximum Gasteiger partial charge on any atom is 0.409 e. The first-order valence-electron chi connectivity index (χ1n) is 9.08. The SMILES string of the molecule is COC(=O)N1CCN(C(=O)CCCN2C(=O)c3ccc([N+](=O)[O-])cc3C2=O)CC1. The van der Waals surface area contributed by atoms with Crippen molar-refractivity contribution in [1.29, 1.82) is 0 Å². The first-order valence-corrected chi connectivity index (χ1v) is 9.08. The van der Waals surface area contributed by atoms with E-state index in [2.05, 4.69) is 4.74 Å². The molecule has 1 aromatic carbocycles. The summed E-state index contributed by atoms with van der Waals surface area (Å²) in [5, 5.41) is 10.9. The second kappa shape index (κ2) is 8.25. The number of rotatable bonds is 5. The molecule has 0 spiro atoms. The maximum atomic E-state index is 12.4. The molecular formula is C18H20N4O7. The Hall–Kier alpha value is -3.50. The predicted molar refractivity (Wildman–Crippen MR) is 98.3 cm³/mol. The molecule has 0 N–H and O–H groups in total. The Morgan fingerprint density at radius 1 is 1.07 bits per heavy atom. The Labute approximate surface area is 165 Å². The maximum absolute atomic E-state index is 12.4. The first kappa shape index (κ1) is 20.2. The molecular weight excluding hydrogens is 384 g/mol. The van der Waals surface area contributed by atoms with Crippen molar-refractivity contribution in [3.05, 3.63) is 39.4 Å². The largest absolute Gasteiger partial charge is 0.453 e. The molecule has 154 valence electrons. The predicted octanol–water partition coefficient (Wildman–Crippen LogP) is 0.882. The van der Waals surface area contributed by atoms with E-state index < -0.39 is 22.8 Å². The quantitative estimate of drug-likeness (QED) is 0.404. The average molecular weight is 404 g/mol. The fourth-order valence-corrected chi connectivity index (χ4v) is 3.41. The van der Waals surface area contributed by atoms with Crippen molar-refractivity contribution in [2.24, 2.45) is 0 Å². The molecule has 1 saturated heterocycles. The van der Waals surface area contributed by atoms with Crippen LogP contribution in [-0.4, -0.2) is 83.3 Å². The number of carbonyl (C=O) groups is 4. The minimum absolute atomic E-state index is 0.00876. The number of fused-ring (bicyclic) bond motifs is 1. The molecule has 0 saturated carbocycles. The molecule has 0 aliphatic carbocycles. The Bertz CT molecular complexity index is 877. The normalized spacial score (nSPS) is 16.1. The van der Waals surface area contributed by atoms with E-state index in [1.54, 1.807) is 4.90 Å². The Balaban J connectivity index is 1.51. The van der Waals surface area contributed by atoms with Crippen LogP contribution in [0.5, 0.6) is 0 Å². The van der Waals surface area contributed by atoms with Gasteiger partial charge >= 0.3 is 6.09 Å². The van der Waals surface area contributed by atoms with Gasteiger partial charge in [-0.05, 0) is 12.5 Å². The van der Waals surface area contributed by atoms with Gasteiger partial charge in [0.15, 0.2) is 0 Å². The van der Waals surface area contributed by atoms with Crippen molar-refractivity contribution in [2.75, 3.05) is 39.8 Å². The number of nitro benzene ring substituents is 1. The second-order valence-corrected chi connectivity index (χ2v) is 6.69. The Kier molecular flexibility index (Phi) is 5.76. The van der Waals surface area contributed by atoms with Crippen molar-refractivity contribution >= 4 is 29.5 Å².